The lowest BCUT2D eigenvalue weighted by molar-refractivity contribution is 0.291. The minimum absolute atomic E-state index is 0.0641. The van der Waals surface area contributed by atoms with Gasteiger partial charge in [-0.15, -0.1) is 11.3 Å². The van der Waals surface area contributed by atoms with Gasteiger partial charge in [0.1, 0.15) is 10.0 Å². The molecule has 0 fully saturated rings. The normalized spacial score (nSPS) is 12.7. The Kier molecular flexibility index (Phi) is 7.72. The number of hydrogen-bond donors (Lipinski definition) is 0. The van der Waals surface area contributed by atoms with Crippen molar-refractivity contribution in [1.82, 2.24) is 4.31 Å². The summed E-state index contributed by atoms with van der Waals surface area (Å²) in [6, 6.07) is 10.6. The second-order valence-electron chi connectivity index (χ2n) is 7.50. The van der Waals surface area contributed by atoms with Gasteiger partial charge in [-0.1, -0.05) is 24.6 Å². The predicted molar refractivity (Wildman–Crippen MR) is 125 cm³/mol. The molecule has 2 aromatic carbocycles. The maximum Gasteiger partial charge on any atom is 0.296 e. The van der Waals surface area contributed by atoms with Gasteiger partial charge >= 0.3 is 0 Å². The Morgan fingerprint density at radius 2 is 1.69 bits per heavy atom. The van der Waals surface area contributed by atoms with Gasteiger partial charge in [-0.05, 0) is 68.0 Å². The molecule has 0 aliphatic carbocycles. The van der Waals surface area contributed by atoms with E-state index in [0.717, 1.165) is 16.9 Å². The van der Waals surface area contributed by atoms with Gasteiger partial charge in [-0.3, -0.25) is 4.18 Å². The summed E-state index contributed by atoms with van der Waals surface area (Å²) in [5.41, 5.74) is 1.45. The van der Waals surface area contributed by atoms with Crippen molar-refractivity contribution in [1.29, 1.82) is 0 Å². The van der Waals surface area contributed by atoms with E-state index in [4.69, 9.17) is 4.18 Å². The number of fused-ring (bicyclic) bond motifs is 1. The first-order valence-corrected chi connectivity index (χ1v) is 13.9. The highest BCUT2D eigenvalue weighted by Gasteiger charge is 2.28. The van der Waals surface area contributed by atoms with E-state index in [1.807, 2.05) is 13.8 Å². The van der Waals surface area contributed by atoms with Crippen LogP contribution in [0.4, 0.5) is 4.39 Å². The molecule has 10 heteroatoms. The van der Waals surface area contributed by atoms with Crippen LogP contribution in [0.3, 0.4) is 0 Å². The SMILES string of the molecule is CCCN(CCCOS(=O)(=O)c1ccc(C)cc1)S(=O)(=O)c1sc2ccc(F)cc2c1C. The molecule has 3 rings (SSSR count). The predicted octanol–water partition coefficient (Wildman–Crippen LogP) is 4.85. The van der Waals surface area contributed by atoms with Crippen LogP contribution < -0.4 is 0 Å². The zero-order valence-corrected chi connectivity index (χ0v) is 20.6. The van der Waals surface area contributed by atoms with Gasteiger partial charge in [0.25, 0.3) is 20.1 Å². The van der Waals surface area contributed by atoms with Crippen LogP contribution in [0.25, 0.3) is 10.1 Å². The van der Waals surface area contributed by atoms with Crippen molar-refractivity contribution in [2.24, 2.45) is 0 Å². The number of hydrogen-bond acceptors (Lipinski definition) is 6. The summed E-state index contributed by atoms with van der Waals surface area (Å²) in [5.74, 6) is -0.417. The molecule has 0 aliphatic rings. The smallest absolute Gasteiger partial charge is 0.266 e. The summed E-state index contributed by atoms with van der Waals surface area (Å²) in [7, 11) is -7.72. The first-order valence-electron chi connectivity index (χ1n) is 10.2. The lowest BCUT2D eigenvalue weighted by Crippen LogP contribution is -2.33. The minimum atomic E-state index is -3.90. The molecule has 0 N–H and O–H groups in total. The van der Waals surface area contributed by atoms with Crippen LogP contribution in [0.1, 0.15) is 30.9 Å². The molecule has 0 aliphatic heterocycles. The largest absolute Gasteiger partial charge is 0.296 e. The topological polar surface area (TPSA) is 80.8 Å². The third kappa shape index (κ3) is 5.37. The third-order valence-corrected chi connectivity index (χ3v) is 10.1. The molecule has 0 spiro atoms. The van der Waals surface area contributed by atoms with Crippen LogP contribution in [0.15, 0.2) is 51.6 Å². The number of aryl methyl sites for hydroxylation is 2. The van der Waals surface area contributed by atoms with Gasteiger partial charge in [0, 0.05) is 17.8 Å². The summed E-state index contributed by atoms with van der Waals surface area (Å²) < 4.78 is 72.2. The summed E-state index contributed by atoms with van der Waals surface area (Å²) in [6.45, 7) is 5.66. The number of thiophene rings is 1. The Balaban J connectivity index is 1.72. The molecule has 174 valence electrons. The van der Waals surface area contributed by atoms with Crippen molar-refractivity contribution in [3.8, 4) is 0 Å². The Hall–Kier alpha value is -1.85. The second kappa shape index (κ2) is 9.96. The van der Waals surface area contributed by atoms with E-state index in [2.05, 4.69) is 0 Å². The fraction of sp³-hybridized carbons (Fsp3) is 0.364. The summed E-state index contributed by atoms with van der Waals surface area (Å²) in [4.78, 5) is 0.0641. The first kappa shape index (κ1) is 24.8. The fourth-order valence-corrected chi connectivity index (χ4v) is 7.71. The molecule has 6 nitrogen and oxygen atoms in total. The fourth-order valence-electron chi connectivity index (χ4n) is 3.32. The molecule has 0 amide bonds. The highest BCUT2D eigenvalue weighted by atomic mass is 32.2. The molecule has 0 saturated heterocycles. The van der Waals surface area contributed by atoms with Crippen LogP contribution in [0.2, 0.25) is 0 Å². The number of benzene rings is 2. The van der Waals surface area contributed by atoms with E-state index in [1.165, 1.54) is 28.6 Å². The molecule has 1 heterocycles. The number of sulfonamides is 1. The molecule has 3 aromatic rings. The average Bonchev–Trinajstić information content (AvgIpc) is 3.07. The van der Waals surface area contributed by atoms with Crippen LogP contribution >= 0.6 is 11.3 Å². The van der Waals surface area contributed by atoms with E-state index >= 15 is 0 Å². The average molecular weight is 500 g/mol. The molecule has 0 bridgehead atoms. The van der Waals surface area contributed by atoms with Gasteiger partial charge in [-0.2, -0.15) is 12.7 Å². The lowest BCUT2D eigenvalue weighted by Gasteiger charge is -2.21. The molecule has 32 heavy (non-hydrogen) atoms. The Bertz CT molecular complexity index is 1300. The van der Waals surface area contributed by atoms with Crippen molar-refractivity contribution < 1.29 is 25.4 Å². The Morgan fingerprint density at radius 3 is 2.34 bits per heavy atom. The highest BCUT2D eigenvalue weighted by Crippen LogP contribution is 2.36. The molecule has 0 atom stereocenters. The monoisotopic (exact) mass is 499 g/mol. The van der Waals surface area contributed by atoms with Crippen molar-refractivity contribution in [2.75, 3.05) is 19.7 Å². The van der Waals surface area contributed by atoms with Gasteiger partial charge in [0.2, 0.25) is 0 Å². The first-order chi connectivity index (χ1) is 15.1. The number of halogens is 1. The van der Waals surface area contributed by atoms with Crippen LogP contribution in [0, 0.1) is 19.7 Å². The van der Waals surface area contributed by atoms with Crippen LogP contribution in [-0.4, -0.2) is 40.8 Å². The molecule has 0 unspecified atom stereocenters. The maximum atomic E-state index is 13.6. The van der Waals surface area contributed by atoms with Gasteiger partial charge in [-0.25, -0.2) is 12.8 Å². The van der Waals surface area contributed by atoms with Crippen LogP contribution in [0.5, 0.6) is 0 Å². The zero-order valence-electron chi connectivity index (χ0n) is 18.2. The van der Waals surface area contributed by atoms with Crippen molar-refractivity contribution in [3.05, 3.63) is 59.4 Å². The van der Waals surface area contributed by atoms with E-state index in [9.17, 15) is 21.2 Å². The summed E-state index contributed by atoms with van der Waals surface area (Å²) >= 11 is 1.11. The standard InChI is InChI=1S/C22H26FNO5S3/c1-4-12-24(13-5-14-29-32(27,28)19-9-6-16(2)7-10-19)31(25,26)22-17(3)20-15-18(23)8-11-21(20)30-22/h6-11,15H,4-5,12-14H2,1-3H3. The van der Waals surface area contributed by atoms with Crippen molar-refractivity contribution in [3.63, 3.8) is 0 Å². The van der Waals surface area contributed by atoms with Crippen molar-refractivity contribution in [2.45, 2.75) is 42.7 Å². The quantitative estimate of drug-likeness (QED) is 0.294. The minimum Gasteiger partial charge on any atom is -0.266 e. The highest BCUT2D eigenvalue weighted by molar-refractivity contribution is 7.91. The lowest BCUT2D eigenvalue weighted by atomic mass is 10.2. The molecule has 0 saturated carbocycles. The second-order valence-corrected chi connectivity index (χ2v) is 12.3. The van der Waals surface area contributed by atoms with E-state index in [0.29, 0.717) is 22.1 Å². The van der Waals surface area contributed by atoms with Crippen LogP contribution in [-0.2, 0) is 24.3 Å². The van der Waals surface area contributed by atoms with E-state index in [-0.39, 0.29) is 35.2 Å². The van der Waals surface area contributed by atoms with Crippen molar-refractivity contribution >= 4 is 41.6 Å². The van der Waals surface area contributed by atoms with E-state index in [1.54, 1.807) is 25.1 Å². The Morgan fingerprint density at radius 1 is 1.00 bits per heavy atom. The molecular weight excluding hydrogens is 473 g/mol. The van der Waals surface area contributed by atoms with Gasteiger partial charge in [0.15, 0.2) is 0 Å². The molecule has 1 aromatic heterocycles. The summed E-state index contributed by atoms with van der Waals surface area (Å²) in [6.07, 6.45) is 0.809. The maximum absolute atomic E-state index is 13.6. The third-order valence-electron chi connectivity index (χ3n) is 5.00. The number of rotatable bonds is 10. The number of nitrogens with zero attached hydrogens (tertiary/aromatic N) is 1. The zero-order chi connectivity index (χ0) is 23.5. The van der Waals surface area contributed by atoms with Gasteiger partial charge in [0.05, 0.1) is 11.5 Å². The Labute approximate surface area is 192 Å². The molecule has 0 radical (unpaired) electrons. The van der Waals surface area contributed by atoms with Gasteiger partial charge < -0.3 is 0 Å². The summed E-state index contributed by atoms with van der Waals surface area (Å²) in [5, 5.41) is 0.581. The molecular formula is C22H26FNO5S3. The van der Waals surface area contributed by atoms with E-state index < -0.39 is 26.0 Å².